The quantitative estimate of drug-likeness (QED) is 0.355. The highest BCUT2D eigenvalue weighted by Crippen LogP contribution is 2.33. The Bertz CT molecular complexity index is 1100. The van der Waals surface area contributed by atoms with Gasteiger partial charge in [-0.25, -0.2) is 0 Å². The lowest BCUT2D eigenvalue weighted by molar-refractivity contribution is 0.885. The second-order valence-electron chi connectivity index (χ2n) is 6.67. The molecule has 0 unspecified atom stereocenters. The lowest BCUT2D eigenvalue weighted by atomic mass is 10.1. The fraction of sp³-hybridized carbons (Fsp3) is 0.130. The molecule has 3 aromatic carbocycles. The predicted octanol–water partition coefficient (Wildman–Crippen LogP) is 6.50. The summed E-state index contributed by atoms with van der Waals surface area (Å²) in [7, 11) is 0. The van der Waals surface area contributed by atoms with Crippen molar-refractivity contribution in [2.45, 2.75) is 24.8 Å². The normalized spacial score (nSPS) is 11.0. The third-order valence-corrected chi connectivity index (χ3v) is 5.97. The Morgan fingerprint density at radius 3 is 2.32 bits per heavy atom. The van der Waals surface area contributed by atoms with Crippen LogP contribution in [-0.2, 0) is 5.75 Å². The van der Waals surface area contributed by atoms with E-state index in [2.05, 4.69) is 77.1 Å². The van der Waals surface area contributed by atoms with Crippen molar-refractivity contribution in [2.24, 2.45) is 0 Å². The molecule has 0 aliphatic heterocycles. The summed E-state index contributed by atoms with van der Waals surface area (Å²) < 4.78 is 2.09. The molecule has 1 heterocycles. The summed E-state index contributed by atoms with van der Waals surface area (Å²) >= 11 is 8.14. The molecule has 0 spiro atoms. The van der Waals surface area contributed by atoms with E-state index >= 15 is 0 Å². The number of benzene rings is 3. The van der Waals surface area contributed by atoms with Gasteiger partial charge < -0.3 is 0 Å². The van der Waals surface area contributed by atoms with Crippen LogP contribution in [0.15, 0.2) is 78.0 Å². The molecule has 0 saturated heterocycles. The Balaban J connectivity index is 1.77. The third-order valence-electron chi connectivity index (χ3n) is 4.66. The van der Waals surface area contributed by atoms with Gasteiger partial charge in [0.2, 0.25) is 0 Å². The van der Waals surface area contributed by atoms with E-state index in [9.17, 15) is 0 Å². The predicted molar refractivity (Wildman–Crippen MR) is 117 cm³/mol. The SMILES string of the molecule is Cc1ccc(-n2c(SCc3ccccc3C)nnc2-c2ccccc2Cl)cc1. The summed E-state index contributed by atoms with van der Waals surface area (Å²) in [6, 6.07) is 24.6. The van der Waals surface area contributed by atoms with Gasteiger partial charge in [0.25, 0.3) is 0 Å². The number of nitrogens with zero attached hydrogens (tertiary/aromatic N) is 3. The molecule has 0 bridgehead atoms. The monoisotopic (exact) mass is 405 g/mol. The molecule has 0 fully saturated rings. The Kier molecular flexibility index (Phi) is 5.51. The van der Waals surface area contributed by atoms with E-state index in [1.54, 1.807) is 11.8 Å². The number of rotatable bonds is 5. The maximum atomic E-state index is 6.46. The number of thioether (sulfide) groups is 1. The molecule has 0 aliphatic carbocycles. The first-order chi connectivity index (χ1) is 13.6. The zero-order valence-corrected chi connectivity index (χ0v) is 17.3. The molecule has 4 aromatic rings. The maximum Gasteiger partial charge on any atom is 0.196 e. The number of halogens is 1. The molecule has 5 heteroatoms. The Hall–Kier alpha value is -2.56. The van der Waals surface area contributed by atoms with Crippen molar-refractivity contribution in [3.8, 4) is 17.1 Å². The van der Waals surface area contributed by atoms with Crippen molar-refractivity contribution < 1.29 is 0 Å². The highest BCUT2D eigenvalue weighted by Gasteiger charge is 2.18. The van der Waals surface area contributed by atoms with Crippen molar-refractivity contribution in [1.29, 1.82) is 0 Å². The minimum atomic E-state index is 0.665. The number of aryl methyl sites for hydroxylation is 2. The lowest BCUT2D eigenvalue weighted by Gasteiger charge is -2.12. The molecular weight excluding hydrogens is 386 g/mol. The van der Waals surface area contributed by atoms with Crippen LogP contribution in [-0.4, -0.2) is 14.8 Å². The second-order valence-corrected chi connectivity index (χ2v) is 8.02. The smallest absolute Gasteiger partial charge is 0.196 e. The molecule has 0 amide bonds. The van der Waals surface area contributed by atoms with Gasteiger partial charge in [0.1, 0.15) is 0 Å². The van der Waals surface area contributed by atoms with Gasteiger partial charge in [-0.3, -0.25) is 4.57 Å². The van der Waals surface area contributed by atoms with E-state index in [1.807, 2.05) is 24.3 Å². The van der Waals surface area contributed by atoms with Crippen molar-refractivity contribution >= 4 is 23.4 Å². The molecule has 0 radical (unpaired) electrons. The van der Waals surface area contributed by atoms with E-state index in [0.717, 1.165) is 28.0 Å². The van der Waals surface area contributed by atoms with Crippen molar-refractivity contribution in [3.63, 3.8) is 0 Å². The first-order valence-corrected chi connectivity index (χ1v) is 10.4. The maximum absolute atomic E-state index is 6.46. The van der Waals surface area contributed by atoms with E-state index in [0.29, 0.717) is 5.02 Å². The molecule has 4 rings (SSSR count). The number of aromatic nitrogens is 3. The molecule has 1 aromatic heterocycles. The molecular formula is C23H20ClN3S. The van der Waals surface area contributed by atoms with E-state index < -0.39 is 0 Å². The van der Waals surface area contributed by atoms with Gasteiger partial charge >= 0.3 is 0 Å². The third kappa shape index (κ3) is 3.84. The van der Waals surface area contributed by atoms with Crippen LogP contribution in [0.25, 0.3) is 17.1 Å². The molecule has 3 nitrogen and oxygen atoms in total. The lowest BCUT2D eigenvalue weighted by Crippen LogP contribution is -2.00. The van der Waals surface area contributed by atoms with Gasteiger partial charge in [0.05, 0.1) is 5.02 Å². The fourth-order valence-corrected chi connectivity index (χ4v) is 4.27. The summed E-state index contributed by atoms with van der Waals surface area (Å²) in [5.41, 5.74) is 5.69. The van der Waals surface area contributed by atoms with Crippen molar-refractivity contribution in [2.75, 3.05) is 0 Å². The molecule has 140 valence electrons. The van der Waals surface area contributed by atoms with E-state index in [4.69, 9.17) is 11.6 Å². The van der Waals surface area contributed by atoms with Gasteiger partial charge in [-0.1, -0.05) is 77.5 Å². The number of hydrogen-bond donors (Lipinski definition) is 0. The summed E-state index contributed by atoms with van der Waals surface area (Å²) in [4.78, 5) is 0. The molecule has 0 aliphatic rings. The fourth-order valence-electron chi connectivity index (χ4n) is 3.02. The van der Waals surface area contributed by atoms with Crippen LogP contribution >= 0.6 is 23.4 Å². The average molecular weight is 406 g/mol. The summed E-state index contributed by atoms with van der Waals surface area (Å²) in [6.45, 7) is 4.22. The minimum Gasteiger partial charge on any atom is -0.270 e. The molecule has 0 atom stereocenters. The summed E-state index contributed by atoms with van der Waals surface area (Å²) in [6.07, 6.45) is 0. The van der Waals surface area contributed by atoms with Crippen LogP contribution in [0.1, 0.15) is 16.7 Å². The Labute approximate surface area is 174 Å². The summed E-state index contributed by atoms with van der Waals surface area (Å²) in [5, 5.41) is 10.5. The summed E-state index contributed by atoms with van der Waals surface area (Å²) in [5.74, 6) is 1.58. The highest BCUT2D eigenvalue weighted by atomic mass is 35.5. The standard InChI is InChI=1S/C23H20ClN3S/c1-16-11-13-19(14-12-16)27-22(20-9-5-6-10-21(20)24)25-26-23(27)28-15-18-8-4-3-7-17(18)2/h3-14H,15H2,1-2H3. The average Bonchev–Trinajstić information content (AvgIpc) is 3.12. The van der Waals surface area contributed by atoms with E-state index in [-0.39, 0.29) is 0 Å². The van der Waals surface area contributed by atoms with E-state index in [1.165, 1.54) is 16.7 Å². The van der Waals surface area contributed by atoms with Crippen molar-refractivity contribution in [3.05, 3.63) is 94.5 Å². The first-order valence-electron chi connectivity index (χ1n) is 9.08. The molecule has 0 saturated carbocycles. The second kappa shape index (κ2) is 8.21. The zero-order valence-electron chi connectivity index (χ0n) is 15.8. The van der Waals surface area contributed by atoms with Gasteiger partial charge in [-0.05, 0) is 49.2 Å². The largest absolute Gasteiger partial charge is 0.270 e. The topological polar surface area (TPSA) is 30.7 Å². The van der Waals surface area contributed by atoms with Crippen LogP contribution in [0.4, 0.5) is 0 Å². The van der Waals surface area contributed by atoms with Crippen LogP contribution in [0.5, 0.6) is 0 Å². The first kappa shape index (κ1) is 18.8. The Morgan fingerprint density at radius 2 is 1.57 bits per heavy atom. The van der Waals surface area contributed by atoms with Gasteiger partial charge in [0, 0.05) is 17.0 Å². The van der Waals surface area contributed by atoms with Crippen LogP contribution in [0.2, 0.25) is 5.02 Å². The van der Waals surface area contributed by atoms with Gasteiger partial charge in [-0.2, -0.15) is 0 Å². The van der Waals surface area contributed by atoms with Crippen LogP contribution < -0.4 is 0 Å². The molecule has 0 N–H and O–H groups in total. The molecule has 28 heavy (non-hydrogen) atoms. The van der Waals surface area contributed by atoms with Crippen LogP contribution in [0, 0.1) is 13.8 Å². The van der Waals surface area contributed by atoms with Gasteiger partial charge in [-0.15, -0.1) is 10.2 Å². The zero-order chi connectivity index (χ0) is 19.5. The Morgan fingerprint density at radius 1 is 0.857 bits per heavy atom. The van der Waals surface area contributed by atoms with Crippen LogP contribution in [0.3, 0.4) is 0 Å². The van der Waals surface area contributed by atoms with Crippen molar-refractivity contribution in [1.82, 2.24) is 14.8 Å². The number of hydrogen-bond acceptors (Lipinski definition) is 3. The highest BCUT2D eigenvalue weighted by molar-refractivity contribution is 7.98. The van der Waals surface area contributed by atoms with Gasteiger partial charge in [0.15, 0.2) is 11.0 Å². The minimum absolute atomic E-state index is 0.665.